The van der Waals surface area contributed by atoms with Gasteiger partial charge in [0.1, 0.15) is 5.82 Å². The van der Waals surface area contributed by atoms with E-state index < -0.39 is 0 Å². The number of guanidine groups is 1. The van der Waals surface area contributed by atoms with Gasteiger partial charge >= 0.3 is 0 Å². The summed E-state index contributed by atoms with van der Waals surface area (Å²) in [6.07, 6.45) is 5.69. The quantitative estimate of drug-likeness (QED) is 0.375. The van der Waals surface area contributed by atoms with Gasteiger partial charge < -0.3 is 21.4 Å². The molecule has 0 saturated heterocycles. The van der Waals surface area contributed by atoms with Crippen LogP contribution in [0.15, 0.2) is 46.3 Å². The van der Waals surface area contributed by atoms with Crippen molar-refractivity contribution < 1.29 is 4.39 Å². The molecule has 0 aliphatic carbocycles. The number of hydrogen-bond acceptors (Lipinski definition) is 5. The number of aliphatic imine (C=N–C) groups is 1. The van der Waals surface area contributed by atoms with E-state index in [0.29, 0.717) is 24.6 Å². The monoisotopic (exact) mass is 411 g/mol. The van der Waals surface area contributed by atoms with Crippen molar-refractivity contribution >= 4 is 17.5 Å². The Labute approximate surface area is 174 Å². The SMILES string of the molecule is NC(N)=NCCCN1CC=C(c2cn3c(nc2=O)NC(c2ccc(F)cc2)C3)CC1. The van der Waals surface area contributed by atoms with Gasteiger partial charge in [0, 0.05) is 38.9 Å². The largest absolute Gasteiger partial charge is 0.370 e. The molecule has 1 unspecified atom stereocenters. The molecule has 0 fully saturated rings. The molecule has 2 aromatic rings. The second kappa shape index (κ2) is 8.66. The summed E-state index contributed by atoms with van der Waals surface area (Å²) in [5, 5.41) is 3.26. The van der Waals surface area contributed by atoms with Gasteiger partial charge in [-0.2, -0.15) is 4.98 Å². The molecule has 0 radical (unpaired) electrons. The van der Waals surface area contributed by atoms with Gasteiger partial charge in [0.2, 0.25) is 5.95 Å². The average Bonchev–Trinajstić information content (AvgIpc) is 3.14. The maximum absolute atomic E-state index is 13.2. The molecule has 5 N–H and O–H groups in total. The summed E-state index contributed by atoms with van der Waals surface area (Å²) in [6.45, 7) is 3.84. The smallest absolute Gasteiger partial charge is 0.281 e. The van der Waals surface area contributed by atoms with Crippen LogP contribution in [0.25, 0.3) is 5.57 Å². The van der Waals surface area contributed by atoms with E-state index >= 15 is 0 Å². The van der Waals surface area contributed by atoms with Crippen LogP contribution in [-0.2, 0) is 6.54 Å². The molecule has 8 nitrogen and oxygen atoms in total. The fourth-order valence-corrected chi connectivity index (χ4v) is 3.91. The van der Waals surface area contributed by atoms with Crippen molar-refractivity contribution in [3.8, 4) is 0 Å². The molecule has 2 aliphatic rings. The number of nitrogens with one attached hydrogen (secondary N) is 1. The van der Waals surface area contributed by atoms with E-state index in [2.05, 4.69) is 26.3 Å². The molecule has 4 rings (SSSR count). The summed E-state index contributed by atoms with van der Waals surface area (Å²) < 4.78 is 15.2. The number of aromatic nitrogens is 2. The zero-order valence-electron chi connectivity index (χ0n) is 16.7. The predicted molar refractivity (Wildman–Crippen MR) is 116 cm³/mol. The van der Waals surface area contributed by atoms with Crippen LogP contribution in [-0.4, -0.2) is 46.6 Å². The number of nitrogens with two attached hydrogens (primary N) is 2. The molecule has 1 aromatic carbocycles. The minimum absolute atomic E-state index is 0.0335. The minimum Gasteiger partial charge on any atom is -0.370 e. The number of nitrogens with zero attached hydrogens (tertiary/aromatic N) is 4. The zero-order valence-corrected chi connectivity index (χ0v) is 16.7. The van der Waals surface area contributed by atoms with Gasteiger partial charge in [0.05, 0.1) is 11.6 Å². The maximum atomic E-state index is 13.2. The van der Waals surface area contributed by atoms with Crippen molar-refractivity contribution in [2.24, 2.45) is 16.5 Å². The Bertz CT molecular complexity index is 1020. The molecular weight excluding hydrogens is 385 g/mol. The highest BCUT2D eigenvalue weighted by atomic mass is 19.1. The van der Waals surface area contributed by atoms with E-state index in [-0.39, 0.29) is 23.4 Å². The Morgan fingerprint density at radius 2 is 2.10 bits per heavy atom. The Balaban J connectivity index is 1.42. The Morgan fingerprint density at radius 3 is 2.80 bits per heavy atom. The fraction of sp³-hybridized carbons (Fsp3) is 0.381. The number of hydrogen-bond donors (Lipinski definition) is 3. The lowest BCUT2D eigenvalue weighted by Crippen LogP contribution is -2.31. The normalized spacial score (nSPS) is 18.4. The van der Waals surface area contributed by atoms with Crippen molar-refractivity contribution in [2.75, 3.05) is 31.5 Å². The van der Waals surface area contributed by atoms with Crippen molar-refractivity contribution in [1.29, 1.82) is 0 Å². The van der Waals surface area contributed by atoms with Crippen LogP contribution < -0.4 is 22.3 Å². The van der Waals surface area contributed by atoms with Crippen molar-refractivity contribution in [3.63, 3.8) is 0 Å². The van der Waals surface area contributed by atoms with Crippen LogP contribution in [0.1, 0.15) is 30.0 Å². The highest BCUT2D eigenvalue weighted by molar-refractivity contribution is 5.75. The van der Waals surface area contributed by atoms with E-state index in [1.54, 1.807) is 12.1 Å². The first-order valence-electron chi connectivity index (χ1n) is 10.1. The highest BCUT2D eigenvalue weighted by Gasteiger charge is 2.25. The van der Waals surface area contributed by atoms with Gasteiger partial charge in [-0.05, 0) is 36.1 Å². The van der Waals surface area contributed by atoms with Gasteiger partial charge in [0.25, 0.3) is 5.56 Å². The average molecular weight is 411 g/mol. The van der Waals surface area contributed by atoms with Crippen LogP contribution in [0, 0.1) is 5.82 Å². The summed E-state index contributed by atoms with van der Waals surface area (Å²) in [7, 11) is 0. The molecule has 0 saturated carbocycles. The predicted octanol–water partition coefficient (Wildman–Crippen LogP) is 1.30. The summed E-state index contributed by atoms with van der Waals surface area (Å²) in [5.74, 6) is 0.408. The molecule has 0 bridgehead atoms. The van der Waals surface area contributed by atoms with E-state index in [1.807, 2.05) is 10.8 Å². The number of rotatable bonds is 6. The minimum atomic E-state index is -0.265. The highest BCUT2D eigenvalue weighted by Crippen LogP contribution is 2.28. The topological polar surface area (TPSA) is 115 Å². The standard InChI is InChI=1S/C21H26FN7O/c22-16-4-2-15(3-5-16)18-13-29-12-17(19(30)27-21(29)26-18)14-6-10-28(11-7-14)9-1-8-25-20(23)24/h2-6,12,18H,1,7-11,13H2,(H4,23,24,25)(H,26,27,30). The summed E-state index contributed by atoms with van der Waals surface area (Å²) in [5.41, 5.74) is 13.1. The number of halogens is 1. The number of fused-ring (bicyclic) bond motifs is 1. The fourth-order valence-electron chi connectivity index (χ4n) is 3.91. The first-order chi connectivity index (χ1) is 14.5. The van der Waals surface area contributed by atoms with Crippen LogP contribution in [0.3, 0.4) is 0 Å². The van der Waals surface area contributed by atoms with E-state index in [0.717, 1.165) is 43.6 Å². The lowest BCUT2D eigenvalue weighted by atomic mass is 10.0. The lowest BCUT2D eigenvalue weighted by Gasteiger charge is -2.26. The molecule has 0 amide bonds. The maximum Gasteiger partial charge on any atom is 0.281 e. The molecular formula is C21H26FN7O. The molecule has 158 valence electrons. The zero-order chi connectivity index (χ0) is 21.1. The van der Waals surface area contributed by atoms with E-state index in [9.17, 15) is 9.18 Å². The molecule has 9 heteroatoms. The lowest BCUT2D eigenvalue weighted by molar-refractivity contribution is 0.300. The third kappa shape index (κ3) is 4.51. The molecule has 2 aliphatic heterocycles. The van der Waals surface area contributed by atoms with Gasteiger partial charge in [0.15, 0.2) is 5.96 Å². The molecule has 1 aromatic heterocycles. The Kier molecular flexibility index (Phi) is 5.80. The molecule has 3 heterocycles. The second-order valence-corrected chi connectivity index (χ2v) is 7.62. The number of benzene rings is 1. The van der Waals surface area contributed by atoms with Gasteiger partial charge in [-0.25, -0.2) is 4.39 Å². The number of anilines is 1. The van der Waals surface area contributed by atoms with Crippen molar-refractivity contribution in [3.05, 3.63) is 63.8 Å². The van der Waals surface area contributed by atoms with Crippen LogP contribution in [0.2, 0.25) is 0 Å². The summed E-state index contributed by atoms with van der Waals surface area (Å²) in [6, 6.07) is 6.36. The van der Waals surface area contributed by atoms with Crippen LogP contribution in [0.4, 0.5) is 10.3 Å². The molecule has 30 heavy (non-hydrogen) atoms. The molecule has 1 atom stereocenters. The Morgan fingerprint density at radius 1 is 1.30 bits per heavy atom. The first kappa shape index (κ1) is 20.1. The van der Waals surface area contributed by atoms with Crippen LogP contribution in [0.5, 0.6) is 0 Å². The third-order valence-electron chi connectivity index (χ3n) is 5.52. The van der Waals surface area contributed by atoms with Crippen LogP contribution >= 0.6 is 0 Å². The van der Waals surface area contributed by atoms with Gasteiger partial charge in [-0.15, -0.1) is 0 Å². The van der Waals surface area contributed by atoms with E-state index in [1.165, 1.54) is 12.1 Å². The third-order valence-corrected chi connectivity index (χ3v) is 5.52. The summed E-state index contributed by atoms with van der Waals surface area (Å²) in [4.78, 5) is 23.2. The van der Waals surface area contributed by atoms with Gasteiger partial charge in [-0.1, -0.05) is 18.2 Å². The van der Waals surface area contributed by atoms with Crippen molar-refractivity contribution in [1.82, 2.24) is 14.5 Å². The Hall–Kier alpha value is -3.20. The summed E-state index contributed by atoms with van der Waals surface area (Å²) >= 11 is 0. The van der Waals surface area contributed by atoms with Crippen molar-refractivity contribution in [2.45, 2.75) is 25.4 Å². The second-order valence-electron chi connectivity index (χ2n) is 7.62. The molecule has 0 spiro atoms. The first-order valence-corrected chi connectivity index (χ1v) is 10.1. The van der Waals surface area contributed by atoms with Gasteiger partial charge in [-0.3, -0.25) is 14.7 Å². The van der Waals surface area contributed by atoms with E-state index in [4.69, 9.17) is 11.5 Å².